The molecule has 2 saturated heterocycles. The SMILES string of the molecule is COCCCO.Cc1cccc([C@H](C)N2CC3CC2CN3C)c1C.O=Cc1ccc(C(F)(F)F)nc1. The van der Waals surface area contributed by atoms with Gasteiger partial charge >= 0.3 is 6.18 Å². The predicted molar refractivity (Wildman–Crippen MR) is 134 cm³/mol. The third kappa shape index (κ3) is 8.09. The number of nitrogens with zero attached hydrogens (tertiary/aromatic N) is 3. The first-order valence-corrected chi connectivity index (χ1v) is 12.1. The van der Waals surface area contributed by atoms with E-state index in [-0.39, 0.29) is 12.2 Å². The molecule has 0 radical (unpaired) electrons. The molecule has 1 aromatic carbocycles. The second kappa shape index (κ2) is 13.8. The second-order valence-electron chi connectivity index (χ2n) is 9.31. The van der Waals surface area contributed by atoms with Gasteiger partial charge in [-0.2, -0.15) is 13.2 Å². The number of piperazine rings is 1. The second-order valence-corrected chi connectivity index (χ2v) is 9.31. The Labute approximate surface area is 212 Å². The van der Waals surface area contributed by atoms with Gasteiger partial charge in [0.1, 0.15) is 5.69 Å². The summed E-state index contributed by atoms with van der Waals surface area (Å²) < 4.78 is 40.2. The van der Waals surface area contributed by atoms with Crippen LogP contribution in [-0.4, -0.2) is 78.7 Å². The van der Waals surface area contributed by atoms with Gasteiger partial charge in [0, 0.05) is 63.3 Å². The molecule has 2 bridgehead atoms. The van der Waals surface area contributed by atoms with E-state index in [4.69, 9.17) is 5.11 Å². The molecule has 36 heavy (non-hydrogen) atoms. The summed E-state index contributed by atoms with van der Waals surface area (Å²) in [6, 6.07) is 10.7. The minimum Gasteiger partial charge on any atom is -0.396 e. The smallest absolute Gasteiger partial charge is 0.396 e. The average molecular weight is 510 g/mol. The number of rotatable bonds is 6. The van der Waals surface area contributed by atoms with Gasteiger partial charge in [-0.15, -0.1) is 0 Å². The molecule has 3 heterocycles. The molecule has 9 heteroatoms. The summed E-state index contributed by atoms with van der Waals surface area (Å²) in [6.07, 6.45) is -1.01. The van der Waals surface area contributed by atoms with Crippen LogP contribution in [0.3, 0.4) is 0 Å². The first-order valence-electron chi connectivity index (χ1n) is 12.1. The van der Waals surface area contributed by atoms with Crippen LogP contribution in [0.1, 0.15) is 58.5 Å². The number of carbonyl (C=O) groups is 1. The number of fused-ring (bicyclic) bond motifs is 2. The average Bonchev–Trinajstić information content (AvgIpc) is 3.44. The summed E-state index contributed by atoms with van der Waals surface area (Å²) in [6.45, 7) is 10.2. The number of hydrogen-bond donors (Lipinski definition) is 1. The molecule has 2 unspecified atom stereocenters. The molecule has 2 aliphatic rings. The van der Waals surface area contributed by atoms with Crippen LogP contribution in [0.4, 0.5) is 13.2 Å². The van der Waals surface area contributed by atoms with Gasteiger partial charge in [-0.3, -0.25) is 14.7 Å². The highest BCUT2D eigenvalue weighted by Gasteiger charge is 2.43. The molecule has 2 aromatic rings. The van der Waals surface area contributed by atoms with E-state index in [2.05, 4.69) is 65.5 Å². The van der Waals surface area contributed by atoms with Crippen molar-refractivity contribution in [1.29, 1.82) is 0 Å². The Balaban J connectivity index is 0.000000219. The van der Waals surface area contributed by atoms with Crippen molar-refractivity contribution in [2.45, 2.75) is 57.9 Å². The van der Waals surface area contributed by atoms with Crippen LogP contribution in [0.5, 0.6) is 0 Å². The predicted octanol–water partition coefficient (Wildman–Crippen LogP) is 4.68. The highest BCUT2D eigenvalue weighted by atomic mass is 19.4. The van der Waals surface area contributed by atoms with Crippen LogP contribution < -0.4 is 0 Å². The van der Waals surface area contributed by atoms with E-state index in [0.29, 0.717) is 18.9 Å². The van der Waals surface area contributed by atoms with Gasteiger partial charge in [0.2, 0.25) is 0 Å². The monoisotopic (exact) mass is 509 g/mol. The van der Waals surface area contributed by atoms with Gasteiger partial charge in [0.05, 0.1) is 0 Å². The molecule has 0 aliphatic carbocycles. The molecule has 0 spiro atoms. The summed E-state index contributed by atoms with van der Waals surface area (Å²) in [4.78, 5) is 18.4. The summed E-state index contributed by atoms with van der Waals surface area (Å²) in [5.74, 6) is 0. The van der Waals surface area contributed by atoms with E-state index >= 15 is 0 Å². The van der Waals surface area contributed by atoms with E-state index in [1.165, 1.54) is 36.2 Å². The van der Waals surface area contributed by atoms with Crippen molar-refractivity contribution in [1.82, 2.24) is 14.8 Å². The first kappa shape index (κ1) is 29.9. The summed E-state index contributed by atoms with van der Waals surface area (Å²) in [5, 5.41) is 8.12. The van der Waals surface area contributed by atoms with Gasteiger partial charge in [-0.25, -0.2) is 0 Å². The lowest BCUT2D eigenvalue weighted by molar-refractivity contribution is -0.141. The van der Waals surface area contributed by atoms with Crippen molar-refractivity contribution in [3.8, 4) is 0 Å². The standard InChI is InChI=1S/C16H24N2.C7H4F3NO.C4H10O2/c1-11-6-5-7-16(12(11)2)13(3)18-10-14-8-15(18)9-17(14)4;8-7(9,10)6-2-1-5(4-12)3-11-6;1-6-4-2-3-5/h5-7,13-15H,8-10H2,1-4H3;1-4H;5H,2-4H2,1H3/t13-,14?,15?;;/m0../s1. The van der Waals surface area contributed by atoms with Crippen LogP contribution >= 0.6 is 0 Å². The number of aldehydes is 1. The Hall–Kier alpha value is -2.33. The van der Waals surface area contributed by atoms with Crippen LogP contribution in [0.15, 0.2) is 36.5 Å². The number of benzene rings is 1. The van der Waals surface area contributed by atoms with Gasteiger partial charge in [0.15, 0.2) is 6.29 Å². The number of aromatic nitrogens is 1. The minimum atomic E-state index is -4.44. The number of methoxy groups -OCH3 is 1. The summed E-state index contributed by atoms with van der Waals surface area (Å²) in [7, 11) is 3.89. The largest absolute Gasteiger partial charge is 0.433 e. The topological polar surface area (TPSA) is 65.9 Å². The Morgan fingerprint density at radius 3 is 2.36 bits per heavy atom. The number of aliphatic hydroxyl groups excluding tert-OH is 1. The van der Waals surface area contributed by atoms with Crippen LogP contribution in [-0.2, 0) is 10.9 Å². The highest BCUT2D eigenvalue weighted by molar-refractivity contribution is 5.73. The minimum absolute atomic E-state index is 0.128. The molecule has 3 atom stereocenters. The lowest BCUT2D eigenvalue weighted by Gasteiger charge is -2.37. The number of pyridine rings is 1. The van der Waals surface area contributed by atoms with Crippen molar-refractivity contribution < 1.29 is 27.8 Å². The third-order valence-electron chi connectivity index (χ3n) is 6.87. The Morgan fingerprint density at radius 1 is 1.19 bits per heavy atom. The van der Waals surface area contributed by atoms with Crippen molar-refractivity contribution in [2.24, 2.45) is 0 Å². The number of aliphatic hydroxyl groups is 1. The Bertz CT molecular complexity index is 948. The zero-order chi connectivity index (χ0) is 26.9. The van der Waals surface area contributed by atoms with Crippen LogP contribution in [0.2, 0.25) is 0 Å². The third-order valence-corrected chi connectivity index (χ3v) is 6.87. The van der Waals surface area contributed by atoms with E-state index in [1.807, 2.05) is 0 Å². The van der Waals surface area contributed by atoms with Crippen molar-refractivity contribution >= 4 is 6.29 Å². The Kier molecular flexibility index (Phi) is 11.5. The summed E-state index contributed by atoms with van der Waals surface area (Å²) in [5.41, 5.74) is 3.54. The number of hydrogen-bond acceptors (Lipinski definition) is 6. The van der Waals surface area contributed by atoms with Gasteiger partial charge < -0.3 is 14.7 Å². The van der Waals surface area contributed by atoms with Crippen LogP contribution in [0, 0.1) is 13.8 Å². The number of aryl methyl sites for hydroxylation is 1. The maximum Gasteiger partial charge on any atom is 0.433 e. The maximum absolute atomic E-state index is 11.9. The molecule has 2 aliphatic heterocycles. The fourth-order valence-electron chi connectivity index (χ4n) is 4.63. The molecular weight excluding hydrogens is 471 g/mol. The molecule has 4 rings (SSSR count). The fourth-order valence-corrected chi connectivity index (χ4v) is 4.63. The molecule has 6 nitrogen and oxygen atoms in total. The molecular formula is C27H38F3N3O3. The van der Waals surface area contributed by atoms with Crippen molar-refractivity contribution in [3.63, 3.8) is 0 Å². The zero-order valence-electron chi connectivity index (χ0n) is 21.8. The van der Waals surface area contributed by atoms with Crippen LogP contribution in [0.25, 0.3) is 0 Å². The molecule has 0 amide bonds. The maximum atomic E-state index is 11.9. The van der Waals surface area contributed by atoms with Crippen molar-refractivity contribution in [3.05, 3.63) is 64.5 Å². The van der Waals surface area contributed by atoms with Gasteiger partial charge in [-0.05, 0) is 69.5 Å². The number of alkyl halides is 3. The molecule has 2 fully saturated rings. The van der Waals surface area contributed by atoms with E-state index in [1.54, 1.807) is 7.11 Å². The molecule has 1 N–H and O–H groups in total. The highest BCUT2D eigenvalue weighted by Crippen LogP contribution is 2.37. The van der Waals surface area contributed by atoms with E-state index < -0.39 is 11.9 Å². The zero-order valence-corrected chi connectivity index (χ0v) is 21.8. The lowest BCUT2D eigenvalue weighted by Crippen LogP contribution is -2.45. The number of ether oxygens (including phenoxy) is 1. The number of carbonyl (C=O) groups excluding carboxylic acids is 1. The molecule has 200 valence electrons. The molecule has 1 aromatic heterocycles. The quantitative estimate of drug-likeness (QED) is 0.451. The number of likely N-dealkylation sites (tertiary alicyclic amines) is 2. The van der Waals surface area contributed by atoms with E-state index in [0.717, 1.165) is 36.8 Å². The first-order chi connectivity index (χ1) is 17.0. The van der Waals surface area contributed by atoms with Crippen molar-refractivity contribution in [2.75, 3.05) is 40.5 Å². The number of halogens is 3. The number of likely N-dealkylation sites (N-methyl/N-ethyl adjacent to an activating group) is 1. The Morgan fingerprint density at radius 2 is 1.92 bits per heavy atom. The lowest BCUT2D eigenvalue weighted by atomic mass is 9.97. The molecule has 0 saturated carbocycles. The van der Waals surface area contributed by atoms with E-state index in [9.17, 15) is 18.0 Å². The summed E-state index contributed by atoms with van der Waals surface area (Å²) >= 11 is 0. The van der Waals surface area contributed by atoms with Gasteiger partial charge in [-0.1, -0.05) is 18.2 Å². The van der Waals surface area contributed by atoms with Gasteiger partial charge in [0.25, 0.3) is 0 Å². The normalized spacial score (nSPS) is 20.2. The fraction of sp³-hybridized carbons (Fsp3) is 0.556.